The maximum atomic E-state index is 13.1. The number of hydrogen-bond donors (Lipinski definition) is 0. The second kappa shape index (κ2) is 48.6. The molecule has 0 aromatic heterocycles. The van der Waals surface area contributed by atoms with E-state index >= 15 is 0 Å². The minimum Gasteiger partial charge on any atom is -0.465 e. The van der Waals surface area contributed by atoms with Gasteiger partial charge in [-0.2, -0.15) is 0 Å². The van der Waals surface area contributed by atoms with Crippen LogP contribution in [0.3, 0.4) is 0 Å². The van der Waals surface area contributed by atoms with Gasteiger partial charge in [0.05, 0.1) is 25.0 Å². The summed E-state index contributed by atoms with van der Waals surface area (Å²) in [7, 11) is 0. The molecule has 386 valence electrons. The second-order valence-corrected chi connectivity index (χ2v) is 19.2. The van der Waals surface area contributed by atoms with E-state index in [1.807, 2.05) is 0 Å². The molecule has 0 saturated carbocycles. The van der Waals surface area contributed by atoms with E-state index in [0.29, 0.717) is 26.4 Å². The maximum absolute atomic E-state index is 13.1. The fourth-order valence-electron chi connectivity index (χ4n) is 8.91. The van der Waals surface area contributed by atoms with Crippen molar-refractivity contribution in [2.75, 3.05) is 59.1 Å². The van der Waals surface area contributed by atoms with E-state index in [1.165, 1.54) is 103 Å². The number of rotatable bonds is 50. The van der Waals surface area contributed by atoms with Crippen LogP contribution in [0.15, 0.2) is 0 Å². The van der Waals surface area contributed by atoms with Crippen molar-refractivity contribution in [2.45, 2.75) is 273 Å². The number of likely N-dealkylation sites (N-methyl/N-ethyl adjacent to an activating group) is 2. The van der Waals surface area contributed by atoms with Crippen LogP contribution < -0.4 is 0 Å². The highest BCUT2D eigenvalue weighted by Gasteiger charge is 2.21. The molecule has 0 N–H and O–H groups in total. The molecule has 2 atom stereocenters. The SMILES string of the molecule is CCCCCCCCC(CCCCCC)C(=O)OCCCCCCC(CCCCCCOC(=O)C(CCCCCC)CCCCCCCC)OC(=O)OCCN(CC)CCN(CC)CC. The molecule has 0 amide bonds. The summed E-state index contributed by atoms with van der Waals surface area (Å²) >= 11 is 0. The van der Waals surface area contributed by atoms with Crippen LogP contribution in [0.2, 0.25) is 0 Å². The Kier molecular flexibility index (Phi) is 47.2. The molecular weight excluding hydrogens is 813 g/mol. The van der Waals surface area contributed by atoms with Crippen LogP contribution in [0, 0.1) is 11.8 Å². The van der Waals surface area contributed by atoms with Gasteiger partial charge in [0.15, 0.2) is 0 Å². The van der Waals surface area contributed by atoms with Crippen molar-refractivity contribution in [3.8, 4) is 0 Å². The third kappa shape index (κ3) is 39.8. The lowest BCUT2D eigenvalue weighted by Gasteiger charge is -2.25. The van der Waals surface area contributed by atoms with E-state index in [2.05, 4.69) is 58.3 Å². The van der Waals surface area contributed by atoms with Gasteiger partial charge in [-0.25, -0.2) is 4.79 Å². The molecule has 0 fully saturated rings. The molecule has 0 bridgehead atoms. The predicted octanol–water partition coefficient (Wildman–Crippen LogP) is 15.8. The fourth-order valence-corrected chi connectivity index (χ4v) is 8.91. The summed E-state index contributed by atoms with van der Waals surface area (Å²) in [6.45, 7) is 22.5. The Morgan fingerprint density at radius 2 is 0.662 bits per heavy atom. The number of carbonyl (C=O) groups excluding carboxylic acids is 3. The number of nitrogens with zero attached hydrogens (tertiary/aromatic N) is 2. The maximum Gasteiger partial charge on any atom is 0.508 e. The Morgan fingerprint density at radius 3 is 1.05 bits per heavy atom. The first kappa shape index (κ1) is 63.1. The van der Waals surface area contributed by atoms with E-state index in [0.717, 1.165) is 148 Å². The second-order valence-electron chi connectivity index (χ2n) is 19.2. The highest BCUT2D eigenvalue weighted by atomic mass is 16.7. The number of unbranched alkanes of at least 4 members (excludes halogenated alkanes) is 22. The molecule has 9 heteroatoms. The standard InChI is InChI=1S/C56H110N2O7/c1-8-15-19-23-25-33-41-51(39-31-21-17-10-3)54(59)62-48-37-29-27-35-43-53(65-56(61)64-50-47-58(14-7)46-45-57(12-5)13-6)44-36-28-30-38-49-63-55(60)52(40-32-22-18-11-4)42-34-26-24-20-16-9-2/h51-53H,8-50H2,1-7H3. The smallest absolute Gasteiger partial charge is 0.465 e. The van der Waals surface area contributed by atoms with Crippen LogP contribution in [0.4, 0.5) is 4.79 Å². The van der Waals surface area contributed by atoms with E-state index in [4.69, 9.17) is 18.9 Å². The van der Waals surface area contributed by atoms with Gasteiger partial charge < -0.3 is 23.8 Å². The third-order valence-corrected chi connectivity index (χ3v) is 13.6. The monoisotopic (exact) mass is 923 g/mol. The number of esters is 2. The van der Waals surface area contributed by atoms with Crippen LogP contribution >= 0.6 is 0 Å². The highest BCUT2D eigenvalue weighted by molar-refractivity contribution is 5.72. The van der Waals surface area contributed by atoms with Gasteiger partial charge in [-0.3, -0.25) is 14.5 Å². The lowest BCUT2D eigenvalue weighted by atomic mass is 9.94. The van der Waals surface area contributed by atoms with Crippen LogP contribution in [-0.4, -0.2) is 93.1 Å². The molecule has 0 heterocycles. The van der Waals surface area contributed by atoms with Gasteiger partial charge in [-0.05, 0) is 83.8 Å². The molecule has 0 spiro atoms. The molecule has 0 aromatic rings. The molecule has 0 aliphatic heterocycles. The third-order valence-electron chi connectivity index (χ3n) is 13.6. The Labute approximate surface area is 403 Å². The summed E-state index contributed by atoms with van der Waals surface area (Å²) in [6, 6.07) is 0. The Morgan fingerprint density at radius 1 is 0.338 bits per heavy atom. The first-order valence-electron chi connectivity index (χ1n) is 28.4. The summed E-state index contributed by atoms with van der Waals surface area (Å²) in [5, 5.41) is 0. The quantitative estimate of drug-likeness (QED) is 0.0336. The zero-order valence-corrected chi connectivity index (χ0v) is 44.4. The normalized spacial score (nSPS) is 13.0. The number of ether oxygens (including phenoxy) is 4. The van der Waals surface area contributed by atoms with Gasteiger partial charge in [0.25, 0.3) is 0 Å². The molecule has 0 aliphatic rings. The van der Waals surface area contributed by atoms with Gasteiger partial charge in [0.1, 0.15) is 12.7 Å². The number of hydrogen-bond acceptors (Lipinski definition) is 9. The van der Waals surface area contributed by atoms with Crippen molar-refractivity contribution in [1.29, 1.82) is 0 Å². The van der Waals surface area contributed by atoms with Crippen LogP contribution in [0.5, 0.6) is 0 Å². The molecule has 0 aromatic carbocycles. The first-order chi connectivity index (χ1) is 31.8. The summed E-state index contributed by atoms with van der Waals surface area (Å²) < 4.78 is 23.3. The average molecular weight is 924 g/mol. The predicted molar refractivity (Wildman–Crippen MR) is 275 cm³/mol. The zero-order chi connectivity index (χ0) is 47.9. The first-order valence-corrected chi connectivity index (χ1v) is 28.4. The Balaban J connectivity index is 4.97. The number of carbonyl (C=O) groups is 3. The van der Waals surface area contributed by atoms with Gasteiger partial charge >= 0.3 is 18.1 Å². The van der Waals surface area contributed by atoms with E-state index in [-0.39, 0.29) is 29.9 Å². The van der Waals surface area contributed by atoms with E-state index in [9.17, 15) is 14.4 Å². The van der Waals surface area contributed by atoms with Gasteiger partial charge in [-0.15, -0.1) is 0 Å². The summed E-state index contributed by atoms with van der Waals surface area (Å²) in [5.41, 5.74) is 0. The zero-order valence-electron chi connectivity index (χ0n) is 44.4. The molecule has 0 rings (SSSR count). The molecule has 0 radical (unpaired) electrons. The van der Waals surface area contributed by atoms with Gasteiger partial charge in [-0.1, -0.05) is 203 Å². The molecule has 65 heavy (non-hydrogen) atoms. The molecule has 0 aliphatic carbocycles. The van der Waals surface area contributed by atoms with Crippen LogP contribution in [-0.2, 0) is 28.5 Å². The summed E-state index contributed by atoms with van der Waals surface area (Å²) in [4.78, 5) is 43.9. The van der Waals surface area contributed by atoms with Gasteiger partial charge in [0.2, 0.25) is 0 Å². The van der Waals surface area contributed by atoms with Crippen LogP contribution in [0.25, 0.3) is 0 Å². The van der Waals surface area contributed by atoms with Crippen molar-refractivity contribution in [2.24, 2.45) is 11.8 Å². The molecular formula is C56H110N2O7. The average Bonchev–Trinajstić information content (AvgIpc) is 3.31. The summed E-state index contributed by atoms with van der Waals surface area (Å²) in [6.07, 6.45) is 36.7. The minimum atomic E-state index is -0.566. The largest absolute Gasteiger partial charge is 0.508 e. The highest BCUT2D eigenvalue weighted by Crippen LogP contribution is 2.23. The lowest BCUT2D eigenvalue weighted by Crippen LogP contribution is -2.37. The Hall–Kier alpha value is -1.87. The topological polar surface area (TPSA) is 94.6 Å². The van der Waals surface area contributed by atoms with Gasteiger partial charge in [0, 0.05) is 19.6 Å². The van der Waals surface area contributed by atoms with E-state index < -0.39 is 6.16 Å². The van der Waals surface area contributed by atoms with Crippen molar-refractivity contribution in [3.05, 3.63) is 0 Å². The molecule has 9 nitrogen and oxygen atoms in total. The Bertz CT molecular complexity index is 982. The van der Waals surface area contributed by atoms with Crippen molar-refractivity contribution in [3.63, 3.8) is 0 Å². The lowest BCUT2D eigenvalue weighted by molar-refractivity contribution is -0.150. The summed E-state index contributed by atoms with van der Waals surface area (Å²) in [5.74, 6) is 0.106. The van der Waals surface area contributed by atoms with E-state index in [1.54, 1.807) is 0 Å². The fraction of sp³-hybridized carbons (Fsp3) is 0.946. The van der Waals surface area contributed by atoms with Crippen LogP contribution in [0.1, 0.15) is 267 Å². The molecule has 0 saturated heterocycles. The van der Waals surface area contributed by atoms with Crippen molar-refractivity contribution < 1.29 is 33.3 Å². The molecule has 2 unspecified atom stereocenters. The van der Waals surface area contributed by atoms with Crippen molar-refractivity contribution in [1.82, 2.24) is 9.80 Å². The minimum absolute atomic E-state index is 0.0108. The van der Waals surface area contributed by atoms with Crippen molar-refractivity contribution >= 4 is 18.1 Å².